The highest BCUT2D eigenvalue weighted by atomic mass is 16.2. The van der Waals surface area contributed by atoms with E-state index in [1.807, 2.05) is 29.2 Å². The van der Waals surface area contributed by atoms with Crippen LogP contribution in [0.5, 0.6) is 0 Å². The van der Waals surface area contributed by atoms with Crippen molar-refractivity contribution in [1.29, 1.82) is 0 Å². The van der Waals surface area contributed by atoms with Gasteiger partial charge in [-0.15, -0.1) is 0 Å². The molecule has 1 fully saturated rings. The van der Waals surface area contributed by atoms with Gasteiger partial charge in [-0.3, -0.25) is 4.79 Å². The second-order valence-corrected chi connectivity index (χ2v) is 4.26. The molecule has 1 aromatic rings. The first-order chi connectivity index (χ1) is 7.81. The molecule has 1 amide bonds. The van der Waals surface area contributed by atoms with Gasteiger partial charge in [-0.1, -0.05) is 12.1 Å². The van der Waals surface area contributed by atoms with Crippen molar-refractivity contribution in [2.75, 3.05) is 13.1 Å². The van der Waals surface area contributed by atoms with Crippen LogP contribution in [0.25, 0.3) is 0 Å². The van der Waals surface area contributed by atoms with Crippen molar-refractivity contribution in [2.45, 2.75) is 25.8 Å². The van der Waals surface area contributed by atoms with E-state index in [1.54, 1.807) is 0 Å². The minimum absolute atomic E-state index is 0.148. The van der Waals surface area contributed by atoms with Crippen LogP contribution >= 0.6 is 0 Å². The SMILES string of the molecule is NCc1cccc(C(=O)N2CCCCC2)c1. The van der Waals surface area contributed by atoms with E-state index in [-0.39, 0.29) is 5.91 Å². The van der Waals surface area contributed by atoms with Crippen molar-refractivity contribution < 1.29 is 4.79 Å². The Kier molecular flexibility index (Phi) is 3.57. The molecule has 0 atom stereocenters. The lowest BCUT2D eigenvalue weighted by atomic mass is 10.1. The molecule has 2 N–H and O–H groups in total. The number of hydrogen-bond donors (Lipinski definition) is 1. The molecule has 0 radical (unpaired) electrons. The summed E-state index contributed by atoms with van der Waals surface area (Å²) in [6.07, 6.45) is 3.50. The largest absolute Gasteiger partial charge is 0.339 e. The minimum Gasteiger partial charge on any atom is -0.339 e. The third-order valence-corrected chi connectivity index (χ3v) is 3.05. The van der Waals surface area contributed by atoms with Crippen LogP contribution in [0.15, 0.2) is 24.3 Å². The summed E-state index contributed by atoms with van der Waals surface area (Å²) >= 11 is 0. The summed E-state index contributed by atoms with van der Waals surface area (Å²) in [4.78, 5) is 14.1. The van der Waals surface area contributed by atoms with Crippen molar-refractivity contribution in [3.63, 3.8) is 0 Å². The monoisotopic (exact) mass is 218 g/mol. The number of carbonyl (C=O) groups excluding carboxylic acids is 1. The second kappa shape index (κ2) is 5.12. The molecule has 86 valence electrons. The van der Waals surface area contributed by atoms with Gasteiger partial charge in [-0.25, -0.2) is 0 Å². The van der Waals surface area contributed by atoms with Crippen molar-refractivity contribution in [3.8, 4) is 0 Å². The Bertz CT molecular complexity index is 370. The standard InChI is InChI=1S/C13H18N2O/c14-10-11-5-4-6-12(9-11)13(16)15-7-2-1-3-8-15/h4-6,9H,1-3,7-8,10,14H2. The topological polar surface area (TPSA) is 46.3 Å². The summed E-state index contributed by atoms with van der Waals surface area (Å²) in [5.41, 5.74) is 7.36. The van der Waals surface area contributed by atoms with Gasteiger partial charge in [-0.2, -0.15) is 0 Å². The number of likely N-dealkylation sites (tertiary alicyclic amines) is 1. The molecular weight excluding hydrogens is 200 g/mol. The summed E-state index contributed by atoms with van der Waals surface area (Å²) in [5.74, 6) is 0.148. The predicted octanol–water partition coefficient (Wildman–Crippen LogP) is 1.77. The van der Waals surface area contributed by atoms with Gasteiger partial charge in [-0.05, 0) is 37.0 Å². The van der Waals surface area contributed by atoms with Crippen LogP contribution in [0.3, 0.4) is 0 Å². The number of hydrogen-bond acceptors (Lipinski definition) is 2. The first-order valence-corrected chi connectivity index (χ1v) is 5.89. The first kappa shape index (κ1) is 11.1. The number of benzene rings is 1. The van der Waals surface area contributed by atoms with Crippen LogP contribution in [0.4, 0.5) is 0 Å². The average Bonchev–Trinajstić information content (AvgIpc) is 2.39. The third-order valence-electron chi connectivity index (χ3n) is 3.05. The highest BCUT2D eigenvalue weighted by molar-refractivity contribution is 5.94. The Morgan fingerprint density at radius 2 is 2.00 bits per heavy atom. The number of rotatable bonds is 2. The number of amides is 1. The Morgan fingerprint density at radius 1 is 1.25 bits per heavy atom. The molecule has 3 nitrogen and oxygen atoms in total. The van der Waals surface area contributed by atoms with Crippen molar-refractivity contribution in [1.82, 2.24) is 4.90 Å². The van der Waals surface area contributed by atoms with Gasteiger partial charge in [0.05, 0.1) is 0 Å². The third kappa shape index (κ3) is 2.42. The smallest absolute Gasteiger partial charge is 0.253 e. The number of carbonyl (C=O) groups is 1. The summed E-state index contributed by atoms with van der Waals surface area (Å²) < 4.78 is 0. The van der Waals surface area contributed by atoms with E-state index in [1.165, 1.54) is 6.42 Å². The van der Waals surface area contributed by atoms with E-state index < -0.39 is 0 Å². The van der Waals surface area contributed by atoms with Gasteiger partial charge >= 0.3 is 0 Å². The molecule has 3 heteroatoms. The highest BCUT2D eigenvalue weighted by Gasteiger charge is 2.17. The predicted molar refractivity (Wildman–Crippen MR) is 64.1 cm³/mol. The maximum Gasteiger partial charge on any atom is 0.253 e. The molecule has 0 aliphatic carbocycles. The van der Waals surface area contributed by atoms with Crippen LogP contribution in [0.2, 0.25) is 0 Å². The maximum atomic E-state index is 12.2. The zero-order chi connectivity index (χ0) is 11.4. The summed E-state index contributed by atoms with van der Waals surface area (Å²) in [6, 6.07) is 7.62. The lowest BCUT2D eigenvalue weighted by Gasteiger charge is -2.26. The molecule has 2 rings (SSSR count). The Balaban J connectivity index is 2.12. The maximum absolute atomic E-state index is 12.2. The van der Waals surface area contributed by atoms with Crippen LogP contribution in [-0.4, -0.2) is 23.9 Å². The molecule has 0 bridgehead atoms. The lowest BCUT2D eigenvalue weighted by Crippen LogP contribution is -2.35. The molecule has 0 unspecified atom stereocenters. The number of piperidine rings is 1. The Hall–Kier alpha value is -1.35. The summed E-state index contributed by atoms with van der Waals surface area (Å²) in [5, 5.41) is 0. The summed E-state index contributed by atoms with van der Waals surface area (Å²) in [7, 11) is 0. The molecule has 16 heavy (non-hydrogen) atoms. The fraction of sp³-hybridized carbons (Fsp3) is 0.462. The van der Waals surface area contributed by atoms with Gasteiger partial charge in [0.15, 0.2) is 0 Å². The number of nitrogens with zero attached hydrogens (tertiary/aromatic N) is 1. The van der Waals surface area contributed by atoms with Crippen LogP contribution in [-0.2, 0) is 6.54 Å². The normalized spacial score (nSPS) is 16.2. The van der Waals surface area contributed by atoms with Crippen molar-refractivity contribution in [2.24, 2.45) is 5.73 Å². The van der Waals surface area contributed by atoms with Gasteiger partial charge < -0.3 is 10.6 Å². The van der Waals surface area contributed by atoms with Gasteiger partial charge in [0.25, 0.3) is 5.91 Å². The van der Waals surface area contributed by atoms with Crippen molar-refractivity contribution >= 4 is 5.91 Å². The summed E-state index contributed by atoms with van der Waals surface area (Å²) in [6.45, 7) is 2.28. The molecule has 1 aromatic carbocycles. The first-order valence-electron chi connectivity index (χ1n) is 5.89. The fourth-order valence-corrected chi connectivity index (χ4v) is 2.11. The van der Waals surface area contributed by atoms with E-state index in [0.29, 0.717) is 6.54 Å². The molecule has 0 aromatic heterocycles. The van der Waals surface area contributed by atoms with Gasteiger partial charge in [0.2, 0.25) is 0 Å². The lowest BCUT2D eigenvalue weighted by molar-refractivity contribution is 0.0724. The van der Waals surface area contributed by atoms with E-state index >= 15 is 0 Å². The average molecular weight is 218 g/mol. The second-order valence-electron chi connectivity index (χ2n) is 4.26. The highest BCUT2D eigenvalue weighted by Crippen LogP contribution is 2.14. The number of nitrogens with two attached hydrogens (primary N) is 1. The fourth-order valence-electron chi connectivity index (χ4n) is 2.11. The molecule has 1 heterocycles. The molecule has 0 spiro atoms. The van der Waals surface area contributed by atoms with Gasteiger partial charge in [0, 0.05) is 25.2 Å². The van der Waals surface area contributed by atoms with Crippen LogP contribution < -0.4 is 5.73 Å². The van der Waals surface area contributed by atoms with E-state index in [0.717, 1.165) is 37.1 Å². The molecule has 1 saturated heterocycles. The van der Waals surface area contributed by atoms with E-state index in [9.17, 15) is 4.79 Å². The van der Waals surface area contributed by atoms with E-state index in [2.05, 4.69) is 0 Å². The Morgan fingerprint density at radius 3 is 2.69 bits per heavy atom. The minimum atomic E-state index is 0.148. The van der Waals surface area contributed by atoms with Crippen molar-refractivity contribution in [3.05, 3.63) is 35.4 Å². The van der Waals surface area contributed by atoms with E-state index in [4.69, 9.17) is 5.73 Å². The zero-order valence-electron chi connectivity index (χ0n) is 9.48. The van der Waals surface area contributed by atoms with Gasteiger partial charge in [0.1, 0.15) is 0 Å². The molecule has 1 aliphatic heterocycles. The molecular formula is C13H18N2O. The molecule has 1 aliphatic rings. The Labute approximate surface area is 96.2 Å². The quantitative estimate of drug-likeness (QED) is 0.822. The van der Waals surface area contributed by atoms with Crippen LogP contribution in [0.1, 0.15) is 35.2 Å². The van der Waals surface area contributed by atoms with Crippen LogP contribution in [0, 0.1) is 0 Å². The zero-order valence-corrected chi connectivity index (χ0v) is 9.48. The molecule has 0 saturated carbocycles.